The topological polar surface area (TPSA) is 112 Å². The third kappa shape index (κ3) is 1.93. The molecule has 0 spiro atoms. The fourth-order valence-corrected chi connectivity index (χ4v) is 1.97. The van der Waals surface area contributed by atoms with Crippen molar-refractivity contribution in [3.63, 3.8) is 0 Å². The molecule has 0 aromatic carbocycles. The summed E-state index contributed by atoms with van der Waals surface area (Å²) in [6.45, 7) is 0. The molecule has 0 amide bonds. The smallest absolute Gasteiger partial charge is 0.321 e. The fraction of sp³-hybridized carbons (Fsp3) is 0.667. The van der Waals surface area contributed by atoms with Gasteiger partial charge in [0, 0.05) is 0 Å². The Morgan fingerprint density at radius 2 is 1.60 bits per heavy atom. The van der Waals surface area contributed by atoms with Crippen LogP contribution in [0.1, 0.15) is 25.7 Å². The minimum absolute atomic E-state index is 0.00144. The zero-order valence-electron chi connectivity index (χ0n) is 7.97. The molecule has 1 aliphatic rings. The summed E-state index contributed by atoms with van der Waals surface area (Å²) in [4.78, 5) is 32.5. The molecule has 1 atom stereocenters. The first-order valence-corrected chi connectivity index (χ1v) is 4.60. The predicted octanol–water partition coefficient (Wildman–Crippen LogP) is 0.417. The van der Waals surface area contributed by atoms with Gasteiger partial charge in [-0.3, -0.25) is 14.4 Å². The normalized spacial score (nSPS) is 24.4. The molecule has 84 valence electrons. The first-order valence-electron chi connectivity index (χ1n) is 4.60. The van der Waals surface area contributed by atoms with Crippen molar-refractivity contribution >= 4 is 17.9 Å². The SMILES string of the molecule is O=C(O)[C@@H]1CCCC(C(=O)O)(C(=O)O)C1. The number of rotatable bonds is 3. The van der Waals surface area contributed by atoms with Crippen LogP contribution < -0.4 is 0 Å². The Kier molecular flexibility index (Phi) is 2.97. The standard InChI is InChI=1S/C9H12O6/c10-6(11)5-2-1-3-9(4-5,7(12)13)8(14)15/h5H,1-4H2,(H,10,11)(H,12,13)(H,14,15)/t5-/m1/s1. The van der Waals surface area contributed by atoms with Crippen LogP contribution in [-0.4, -0.2) is 33.2 Å². The van der Waals surface area contributed by atoms with Crippen LogP contribution >= 0.6 is 0 Å². The minimum atomic E-state index is -1.92. The molecule has 0 unspecified atom stereocenters. The Labute approximate surface area is 85.5 Å². The molecule has 15 heavy (non-hydrogen) atoms. The Bertz CT molecular complexity index is 294. The average Bonchev–Trinajstić information content (AvgIpc) is 2.17. The van der Waals surface area contributed by atoms with Crippen molar-refractivity contribution in [3.8, 4) is 0 Å². The summed E-state index contributed by atoms with van der Waals surface area (Å²) in [6, 6.07) is 0. The first kappa shape index (κ1) is 11.5. The number of hydrogen-bond acceptors (Lipinski definition) is 3. The van der Waals surface area contributed by atoms with Gasteiger partial charge in [0.15, 0.2) is 5.41 Å². The van der Waals surface area contributed by atoms with Gasteiger partial charge < -0.3 is 15.3 Å². The zero-order chi connectivity index (χ0) is 11.6. The van der Waals surface area contributed by atoms with E-state index in [4.69, 9.17) is 15.3 Å². The van der Waals surface area contributed by atoms with Gasteiger partial charge in [-0.2, -0.15) is 0 Å². The number of carboxylic acid groups (broad SMARTS) is 3. The molecule has 0 aromatic rings. The molecular weight excluding hydrogens is 204 g/mol. The van der Waals surface area contributed by atoms with E-state index < -0.39 is 29.2 Å². The molecule has 1 fully saturated rings. The third-order valence-electron chi connectivity index (χ3n) is 2.92. The van der Waals surface area contributed by atoms with Gasteiger partial charge in [0.2, 0.25) is 0 Å². The highest BCUT2D eigenvalue weighted by Gasteiger charge is 2.51. The average molecular weight is 216 g/mol. The van der Waals surface area contributed by atoms with E-state index in [1.807, 2.05) is 0 Å². The van der Waals surface area contributed by atoms with Crippen LogP contribution in [0, 0.1) is 11.3 Å². The van der Waals surface area contributed by atoms with E-state index in [2.05, 4.69) is 0 Å². The summed E-state index contributed by atoms with van der Waals surface area (Å²) in [6.07, 6.45) is 0.335. The Morgan fingerprint density at radius 3 is 2.00 bits per heavy atom. The molecule has 0 radical (unpaired) electrons. The van der Waals surface area contributed by atoms with Crippen molar-refractivity contribution in [2.45, 2.75) is 25.7 Å². The van der Waals surface area contributed by atoms with E-state index in [1.54, 1.807) is 0 Å². The summed E-state index contributed by atoms with van der Waals surface area (Å²) >= 11 is 0. The molecule has 0 heterocycles. The molecule has 0 aliphatic heterocycles. The van der Waals surface area contributed by atoms with Crippen LogP contribution in [0.5, 0.6) is 0 Å². The third-order valence-corrected chi connectivity index (χ3v) is 2.92. The van der Waals surface area contributed by atoms with Gasteiger partial charge in [0.1, 0.15) is 0 Å². The van der Waals surface area contributed by atoms with Crippen molar-refractivity contribution < 1.29 is 29.7 Å². The second-order valence-corrected chi connectivity index (χ2v) is 3.82. The number of hydrogen-bond donors (Lipinski definition) is 3. The van der Waals surface area contributed by atoms with Crippen molar-refractivity contribution in [3.05, 3.63) is 0 Å². The van der Waals surface area contributed by atoms with Crippen LogP contribution in [0.15, 0.2) is 0 Å². The zero-order valence-corrected chi connectivity index (χ0v) is 7.97. The molecule has 3 N–H and O–H groups in total. The summed E-state index contributed by atoms with van der Waals surface area (Å²) in [5.41, 5.74) is -1.92. The van der Waals surface area contributed by atoms with Gasteiger partial charge in [-0.1, -0.05) is 6.42 Å². The highest BCUT2D eigenvalue weighted by molar-refractivity contribution is 5.98. The minimum Gasteiger partial charge on any atom is -0.481 e. The lowest BCUT2D eigenvalue weighted by atomic mass is 9.69. The lowest BCUT2D eigenvalue weighted by Gasteiger charge is -2.32. The largest absolute Gasteiger partial charge is 0.481 e. The summed E-state index contributed by atoms with van der Waals surface area (Å²) < 4.78 is 0. The molecular formula is C9H12O6. The summed E-state index contributed by atoms with van der Waals surface area (Å²) in [5, 5.41) is 26.5. The summed E-state index contributed by atoms with van der Waals surface area (Å²) in [7, 11) is 0. The Hall–Kier alpha value is -1.59. The predicted molar refractivity (Wildman–Crippen MR) is 47.3 cm³/mol. The molecule has 6 nitrogen and oxygen atoms in total. The van der Waals surface area contributed by atoms with Gasteiger partial charge in [-0.05, 0) is 19.3 Å². The quantitative estimate of drug-likeness (QED) is 0.589. The van der Waals surface area contributed by atoms with Gasteiger partial charge in [-0.15, -0.1) is 0 Å². The van der Waals surface area contributed by atoms with E-state index in [9.17, 15) is 14.4 Å². The van der Waals surface area contributed by atoms with E-state index in [1.165, 1.54) is 0 Å². The van der Waals surface area contributed by atoms with Crippen molar-refractivity contribution in [1.29, 1.82) is 0 Å². The highest BCUT2D eigenvalue weighted by atomic mass is 16.4. The monoisotopic (exact) mass is 216 g/mol. The maximum atomic E-state index is 10.9. The van der Waals surface area contributed by atoms with E-state index >= 15 is 0 Å². The van der Waals surface area contributed by atoms with Gasteiger partial charge >= 0.3 is 17.9 Å². The van der Waals surface area contributed by atoms with E-state index in [0.717, 1.165) is 0 Å². The second-order valence-electron chi connectivity index (χ2n) is 3.82. The molecule has 1 rings (SSSR count). The molecule has 6 heteroatoms. The number of aliphatic carboxylic acids is 3. The lowest BCUT2D eigenvalue weighted by molar-refractivity contribution is -0.169. The molecule has 0 saturated heterocycles. The van der Waals surface area contributed by atoms with Crippen LogP contribution in [0.4, 0.5) is 0 Å². The van der Waals surface area contributed by atoms with Gasteiger partial charge in [0.05, 0.1) is 5.92 Å². The molecule has 1 saturated carbocycles. The Balaban J connectivity index is 2.95. The summed E-state index contributed by atoms with van der Waals surface area (Å²) in [5.74, 6) is -4.88. The van der Waals surface area contributed by atoms with Crippen LogP contribution in [-0.2, 0) is 14.4 Å². The first-order chi connectivity index (χ1) is 6.90. The van der Waals surface area contributed by atoms with Crippen molar-refractivity contribution in [2.24, 2.45) is 11.3 Å². The van der Waals surface area contributed by atoms with Gasteiger partial charge in [-0.25, -0.2) is 0 Å². The molecule has 0 aromatic heterocycles. The number of carbonyl (C=O) groups is 3. The van der Waals surface area contributed by atoms with Crippen molar-refractivity contribution in [2.75, 3.05) is 0 Å². The van der Waals surface area contributed by atoms with Crippen LogP contribution in [0.25, 0.3) is 0 Å². The van der Waals surface area contributed by atoms with E-state index in [-0.39, 0.29) is 12.8 Å². The maximum absolute atomic E-state index is 10.9. The van der Waals surface area contributed by atoms with E-state index in [0.29, 0.717) is 12.8 Å². The molecule has 0 bridgehead atoms. The van der Waals surface area contributed by atoms with Crippen molar-refractivity contribution in [1.82, 2.24) is 0 Å². The Morgan fingerprint density at radius 1 is 1.07 bits per heavy atom. The van der Waals surface area contributed by atoms with Crippen LogP contribution in [0.3, 0.4) is 0 Å². The molecule has 1 aliphatic carbocycles. The fourth-order valence-electron chi connectivity index (χ4n) is 1.97. The highest BCUT2D eigenvalue weighted by Crippen LogP contribution is 2.40. The second kappa shape index (κ2) is 3.88. The van der Waals surface area contributed by atoms with Crippen LogP contribution in [0.2, 0.25) is 0 Å². The number of carboxylic acids is 3. The maximum Gasteiger partial charge on any atom is 0.321 e. The van der Waals surface area contributed by atoms with Gasteiger partial charge in [0.25, 0.3) is 0 Å². The lowest BCUT2D eigenvalue weighted by Crippen LogP contribution is -2.44.